The molecule has 48 heavy (non-hydrogen) atoms. The van der Waals surface area contributed by atoms with Gasteiger partial charge in [0.1, 0.15) is 23.0 Å². The second-order valence-corrected chi connectivity index (χ2v) is 14.6. The van der Waals surface area contributed by atoms with E-state index in [1.165, 1.54) is 47.0 Å². The third-order valence-corrected chi connectivity index (χ3v) is 11.2. The number of para-hydroxylation sites is 2. The Hall–Kier alpha value is -4.88. The molecular weight excluding hydrogens is 681 g/mol. The van der Waals surface area contributed by atoms with E-state index in [2.05, 4.69) is 20.5 Å². The van der Waals surface area contributed by atoms with Gasteiger partial charge in [-0.2, -0.15) is 20.5 Å². The molecule has 7 rings (SSSR count). The van der Waals surface area contributed by atoms with Crippen molar-refractivity contribution in [3.63, 3.8) is 0 Å². The van der Waals surface area contributed by atoms with Crippen LogP contribution in [0.4, 0.5) is 22.7 Å². The summed E-state index contributed by atoms with van der Waals surface area (Å²) >= 11 is 4.67. The summed E-state index contributed by atoms with van der Waals surface area (Å²) in [4.78, 5) is 3.66. The van der Waals surface area contributed by atoms with Crippen LogP contribution in [0.1, 0.15) is 0 Å². The second kappa shape index (κ2) is 14.1. The maximum atomic E-state index is 11.5. The lowest BCUT2D eigenvalue weighted by atomic mass is 10.3. The van der Waals surface area contributed by atoms with E-state index in [1.54, 1.807) is 60.7 Å². The highest BCUT2D eigenvalue weighted by Crippen LogP contribution is 2.54. The highest BCUT2D eigenvalue weighted by atomic mass is 32.2. The second-order valence-electron chi connectivity index (χ2n) is 10.3. The first-order chi connectivity index (χ1) is 23.4. The largest absolute Gasteiger partial charge is 0.506 e. The van der Waals surface area contributed by atoms with Crippen LogP contribution in [0, 0.1) is 0 Å². The van der Waals surface area contributed by atoms with Crippen molar-refractivity contribution in [2.24, 2.45) is 20.5 Å². The molecule has 0 spiro atoms. The number of rotatable bonds is 4. The van der Waals surface area contributed by atoms with Gasteiger partial charge in [0.2, 0.25) is 0 Å². The van der Waals surface area contributed by atoms with Gasteiger partial charge in [-0.1, -0.05) is 95.6 Å². The summed E-state index contributed by atoms with van der Waals surface area (Å²) in [6, 6.07) is 36.0. The van der Waals surface area contributed by atoms with E-state index >= 15 is 0 Å². The van der Waals surface area contributed by atoms with Crippen molar-refractivity contribution in [2.75, 3.05) is 0 Å². The van der Waals surface area contributed by atoms with E-state index in [0.717, 1.165) is 0 Å². The molecule has 0 atom stereocenters. The number of hydrogen-bond donors (Lipinski definition) is 4. The average molecular weight is 705 g/mol. The van der Waals surface area contributed by atoms with E-state index < -0.39 is 0 Å². The molecular formula is C36H24N4O4S4. The molecule has 8 nitrogen and oxygen atoms in total. The Labute approximate surface area is 292 Å². The smallest absolute Gasteiger partial charge is 0.143 e. The maximum Gasteiger partial charge on any atom is 0.143 e. The number of aromatic hydroxyl groups is 4. The summed E-state index contributed by atoms with van der Waals surface area (Å²) in [5.41, 5.74) is 2.30. The molecule has 0 saturated carbocycles. The molecule has 236 valence electrons. The van der Waals surface area contributed by atoms with Gasteiger partial charge in [0.15, 0.2) is 0 Å². The molecule has 1 aliphatic rings. The Morgan fingerprint density at radius 3 is 0.875 bits per heavy atom. The molecule has 0 fully saturated rings. The summed E-state index contributed by atoms with van der Waals surface area (Å²) in [6.07, 6.45) is 0. The lowest BCUT2D eigenvalue weighted by Gasteiger charge is -2.16. The number of fused-ring (bicyclic) bond motifs is 8. The third-order valence-electron chi connectivity index (χ3n) is 6.93. The van der Waals surface area contributed by atoms with Gasteiger partial charge in [0.25, 0.3) is 0 Å². The molecule has 0 aliphatic carbocycles. The standard InChI is InChI=1S/C36H24N4O4S4/c41-33-25-13-7-15-27(33)47-31-19-24(40-38-22-11-5-2-6-12-22)20-32(36(31)44)48-28-16-8-14-26(34(28)42)46-30-18-23(17-29(45-25)35(30)43)39-37-21-9-3-1-4-10-21/h1-20,41-44H. The van der Waals surface area contributed by atoms with Gasteiger partial charge >= 0.3 is 0 Å². The van der Waals surface area contributed by atoms with Crippen molar-refractivity contribution < 1.29 is 20.4 Å². The lowest BCUT2D eigenvalue weighted by molar-refractivity contribution is 0.444. The molecule has 0 aromatic heterocycles. The zero-order valence-electron chi connectivity index (χ0n) is 24.8. The van der Waals surface area contributed by atoms with Crippen LogP contribution >= 0.6 is 47.0 Å². The number of azo groups is 2. The maximum absolute atomic E-state index is 11.5. The molecule has 0 radical (unpaired) electrons. The monoisotopic (exact) mass is 704 g/mol. The number of phenols is 4. The molecule has 12 heteroatoms. The minimum absolute atomic E-state index is 0.0164. The van der Waals surface area contributed by atoms with Crippen LogP contribution in [-0.4, -0.2) is 20.4 Å². The van der Waals surface area contributed by atoms with Crippen LogP contribution in [0.3, 0.4) is 0 Å². The van der Waals surface area contributed by atoms with Crippen molar-refractivity contribution in [1.82, 2.24) is 0 Å². The fourth-order valence-electron chi connectivity index (χ4n) is 4.59. The zero-order valence-corrected chi connectivity index (χ0v) is 28.0. The molecule has 0 unspecified atom stereocenters. The Balaban J connectivity index is 1.36. The third kappa shape index (κ3) is 7.02. The highest BCUT2D eigenvalue weighted by molar-refractivity contribution is 8.01. The fraction of sp³-hybridized carbons (Fsp3) is 0. The first-order valence-electron chi connectivity index (χ1n) is 14.4. The van der Waals surface area contributed by atoms with E-state index in [-0.39, 0.29) is 23.0 Å². The summed E-state index contributed by atoms with van der Waals surface area (Å²) in [7, 11) is 0. The van der Waals surface area contributed by atoms with Crippen LogP contribution in [0.15, 0.2) is 181 Å². The molecule has 6 aromatic carbocycles. The van der Waals surface area contributed by atoms with Gasteiger partial charge in [-0.05, 0) is 72.8 Å². The topological polar surface area (TPSA) is 130 Å². The Morgan fingerprint density at radius 1 is 0.292 bits per heavy atom. The minimum Gasteiger partial charge on any atom is -0.506 e. The highest BCUT2D eigenvalue weighted by Gasteiger charge is 2.21. The lowest BCUT2D eigenvalue weighted by Crippen LogP contribution is -1.87. The van der Waals surface area contributed by atoms with Gasteiger partial charge in [-0.3, -0.25) is 0 Å². The van der Waals surface area contributed by atoms with E-state index in [9.17, 15) is 20.4 Å². The van der Waals surface area contributed by atoms with Crippen molar-refractivity contribution in [3.05, 3.63) is 121 Å². The summed E-state index contributed by atoms with van der Waals surface area (Å²) in [5, 5.41) is 63.4. The number of phenolic OH excluding ortho intramolecular Hbond substituents is 4. The summed E-state index contributed by atoms with van der Waals surface area (Å²) in [6.45, 7) is 0. The minimum atomic E-state index is -0.0260. The molecule has 1 heterocycles. The molecule has 0 amide bonds. The summed E-state index contributed by atoms with van der Waals surface area (Å²) < 4.78 is 0. The summed E-state index contributed by atoms with van der Waals surface area (Å²) in [5.74, 6) is -0.0847. The molecule has 8 bridgehead atoms. The van der Waals surface area contributed by atoms with Crippen molar-refractivity contribution in [3.8, 4) is 23.0 Å². The molecule has 6 aromatic rings. The van der Waals surface area contributed by atoms with E-state index in [4.69, 9.17) is 0 Å². The molecule has 0 saturated heterocycles. The Bertz CT molecular complexity index is 1950. The van der Waals surface area contributed by atoms with Crippen LogP contribution < -0.4 is 0 Å². The predicted molar refractivity (Wildman–Crippen MR) is 190 cm³/mol. The quantitative estimate of drug-likeness (QED) is 0.133. The first-order valence-corrected chi connectivity index (χ1v) is 17.7. The zero-order chi connectivity index (χ0) is 33.0. The van der Waals surface area contributed by atoms with Gasteiger partial charge in [-0.15, -0.1) is 0 Å². The Kier molecular flexibility index (Phi) is 9.30. The van der Waals surface area contributed by atoms with E-state index in [1.807, 2.05) is 60.7 Å². The SMILES string of the molecule is Oc1c2cccc1Sc1cc(N=Nc3ccccc3)cc(c1O)Sc1cccc(c1O)Sc1cc(N=Nc3ccccc3)cc(c1O)S2. The van der Waals surface area contributed by atoms with Crippen LogP contribution in [0.2, 0.25) is 0 Å². The van der Waals surface area contributed by atoms with Crippen LogP contribution in [-0.2, 0) is 0 Å². The van der Waals surface area contributed by atoms with Gasteiger partial charge in [0.05, 0.1) is 61.9 Å². The van der Waals surface area contributed by atoms with Gasteiger partial charge in [-0.25, -0.2) is 0 Å². The van der Waals surface area contributed by atoms with Gasteiger partial charge in [0, 0.05) is 0 Å². The van der Waals surface area contributed by atoms with Crippen molar-refractivity contribution in [1.29, 1.82) is 0 Å². The number of hydrogen-bond acceptors (Lipinski definition) is 12. The normalized spacial score (nSPS) is 12.8. The van der Waals surface area contributed by atoms with E-state index in [0.29, 0.717) is 61.9 Å². The number of nitrogens with zero attached hydrogens (tertiary/aromatic N) is 4. The Morgan fingerprint density at radius 2 is 0.562 bits per heavy atom. The van der Waals surface area contributed by atoms with Crippen LogP contribution in [0.25, 0.3) is 0 Å². The fourth-order valence-corrected chi connectivity index (χ4v) is 8.76. The molecule has 4 N–H and O–H groups in total. The van der Waals surface area contributed by atoms with Gasteiger partial charge < -0.3 is 20.4 Å². The van der Waals surface area contributed by atoms with Crippen molar-refractivity contribution in [2.45, 2.75) is 39.2 Å². The van der Waals surface area contributed by atoms with Crippen molar-refractivity contribution >= 4 is 69.8 Å². The molecule has 1 aliphatic heterocycles. The van der Waals surface area contributed by atoms with Crippen LogP contribution in [0.5, 0.6) is 23.0 Å². The first kappa shape index (κ1) is 31.7. The number of benzene rings is 6. The predicted octanol–water partition coefficient (Wildman–Crippen LogP) is 12.3. The average Bonchev–Trinajstić information content (AvgIpc) is 3.10.